The van der Waals surface area contributed by atoms with E-state index in [4.69, 9.17) is 5.73 Å². The molecule has 0 amide bonds. The zero-order chi connectivity index (χ0) is 13.8. The van der Waals surface area contributed by atoms with Crippen LogP contribution in [0.4, 0.5) is 4.39 Å². The van der Waals surface area contributed by atoms with Gasteiger partial charge in [0.25, 0.3) is 0 Å². The molecule has 0 bridgehead atoms. The molecule has 5 heteroatoms. The van der Waals surface area contributed by atoms with Gasteiger partial charge in [0, 0.05) is 32.5 Å². The summed E-state index contributed by atoms with van der Waals surface area (Å²) in [5.74, 6) is 2.20. The van der Waals surface area contributed by atoms with Gasteiger partial charge in [0.1, 0.15) is 5.82 Å². The first-order valence-corrected chi connectivity index (χ1v) is 9.43. The van der Waals surface area contributed by atoms with E-state index in [1.165, 1.54) is 11.8 Å². The lowest BCUT2D eigenvalue weighted by atomic mass is 10.0. The zero-order valence-corrected chi connectivity index (χ0v) is 14.2. The maximum absolute atomic E-state index is 13.9. The number of thioether (sulfide) groups is 2. The molecule has 3 unspecified atom stereocenters. The molecule has 1 fully saturated rings. The van der Waals surface area contributed by atoms with Crippen molar-refractivity contribution in [3.8, 4) is 0 Å². The molecular weight excluding hydrogens is 345 g/mol. The predicted octanol–water partition coefficient (Wildman–Crippen LogP) is 4.09. The smallest absolute Gasteiger partial charge is 0.127 e. The third kappa shape index (κ3) is 4.13. The van der Waals surface area contributed by atoms with E-state index in [0.29, 0.717) is 16.9 Å². The zero-order valence-electron chi connectivity index (χ0n) is 10.9. The Morgan fingerprint density at radius 2 is 2.16 bits per heavy atom. The maximum Gasteiger partial charge on any atom is 0.127 e. The summed E-state index contributed by atoms with van der Waals surface area (Å²) in [6, 6.07) is 5.26. The molecule has 2 rings (SSSR count). The van der Waals surface area contributed by atoms with Crippen molar-refractivity contribution in [2.45, 2.75) is 36.3 Å². The minimum absolute atomic E-state index is 0.0263. The van der Waals surface area contributed by atoms with Gasteiger partial charge in [-0.2, -0.15) is 23.5 Å². The van der Waals surface area contributed by atoms with Gasteiger partial charge in [-0.1, -0.05) is 28.9 Å². The monoisotopic (exact) mass is 363 g/mol. The van der Waals surface area contributed by atoms with Crippen molar-refractivity contribution in [2.75, 3.05) is 11.5 Å². The van der Waals surface area contributed by atoms with E-state index >= 15 is 0 Å². The van der Waals surface area contributed by atoms with Crippen molar-refractivity contribution in [2.24, 2.45) is 5.73 Å². The third-order valence-corrected chi connectivity index (χ3v) is 7.31. The van der Waals surface area contributed by atoms with Crippen LogP contribution in [0.25, 0.3) is 0 Å². The molecule has 1 aliphatic heterocycles. The molecule has 0 radical (unpaired) electrons. The number of halogens is 2. The van der Waals surface area contributed by atoms with Gasteiger partial charge in [0.2, 0.25) is 0 Å². The Kier molecular flexibility index (Phi) is 6.06. The fraction of sp³-hybridized carbons (Fsp3) is 0.571. The largest absolute Gasteiger partial charge is 0.326 e. The Morgan fingerprint density at radius 1 is 1.42 bits per heavy atom. The number of benzene rings is 1. The van der Waals surface area contributed by atoms with E-state index in [9.17, 15) is 4.39 Å². The lowest BCUT2D eigenvalue weighted by Gasteiger charge is -2.34. The lowest BCUT2D eigenvalue weighted by molar-refractivity contribution is 0.561. The van der Waals surface area contributed by atoms with E-state index in [1.54, 1.807) is 0 Å². The topological polar surface area (TPSA) is 26.0 Å². The van der Waals surface area contributed by atoms with E-state index < -0.39 is 0 Å². The van der Waals surface area contributed by atoms with Crippen molar-refractivity contribution in [1.29, 1.82) is 0 Å². The number of hydrogen-bond donors (Lipinski definition) is 1. The highest BCUT2D eigenvalue weighted by atomic mass is 79.9. The van der Waals surface area contributed by atoms with Crippen molar-refractivity contribution in [3.63, 3.8) is 0 Å². The molecular formula is C14H19BrFNS2. The quantitative estimate of drug-likeness (QED) is 0.872. The number of nitrogens with two attached hydrogens (primary N) is 1. The fourth-order valence-electron chi connectivity index (χ4n) is 2.39. The minimum atomic E-state index is -0.161. The molecule has 1 aliphatic rings. The van der Waals surface area contributed by atoms with Crippen LogP contribution in [0.1, 0.15) is 18.9 Å². The Morgan fingerprint density at radius 3 is 2.84 bits per heavy atom. The Labute approximate surface area is 131 Å². The Bertz CT molecular complexity index is 430. The van der Waals surface area contributed by atoms with E-state index in [2.05, 4.69) is 22.9 Å². The second kappa shape index (κ2) is 7.34. The summed E-state index contributed by atoms with van der Waals surface area (Å²) >= 11 is 7.25. The minimum Gasteiger partial charge on any atom is -0.326 e. The molecule has 1 aromatic carbocycles. The standard InChI is InChI=1S/C14H19BrFNS2/c1-2-13-14(19-6-5-18-13)12(17)7-9-3-4-10(15)8-11(9)16/h3-4,8,12-14H,2,5-7,17H2,1H3. The molecule has 1 saturated heterocycles. The first-order valence-electron chi connectivity index (χ1n) is 6.54. The van der Waals surface area contributed by atoms with Crippen LogP contribution in [-0.4, -0.2) is 28.0 Å². The highest BCUT2D eigenvalue weighted by Crippen LogP contribution is 2.35. The van der Waals surface area contributed by atoms with Gasteiger partial charge in [-0.05, 0) is 30.5 Å². The average Bonchev–Trinajstić information content (AvgIpc) is 2.41. The van der Waals surface area contributed by atoms with Crippen molar-refractivity contribution in [3.05, 3.63) is 34.1 Å². The molecule has 106 valence electrons. The summed E-state index contributed by atoms with van der Waals surface area (Å²) in [6.07, 6.45) is 1.76. The molecule has 0 spiro atoms. The molecule has 3 atom stereocenters. The van der Waals surface area contributed by atoms with Crippen LogP contribution in [0, 0.1) is 5.82 Å². The van der Waals surface area contributed by atoms with Gasteiger partial charge in [-0.15, -0.1) is 0 Å². The molecule has 1 nitrogen and oxygen atoms in total. The molecule has 19 heavy (non-hydrogen) atoms. The highest BCUT2D eigenvalue weighted by molar-refractivity contribution is 9.10. The van der Waals surface area contributed by atoms with Crippen molar-refractivity contribution < 1.29 is 4.39 Å². The molecule has 2 N–H and O–H groups in total. The van der Waals surface area contributed by atoms with Crippen LogP contribution in [-0.2, 0) is 6.42 Å². The van der Waals surface area contributed by atoms with Gasteiger partial charge in [0.15, 0.2) is 0 Å². The summed E-state index contributed by atoms with van der Waals surface area (Å²) in [5, 5.41) is 1.04. The van der Waals surface area contributed by atoms with Crippen LogP contribution in [0.15, 0.2) is 22.7 Å². The van der Waals surface area contributed by atoms with E-state index in [1.807, 2.05) is 35.7 Å². The highest BCUT2D eigenvalue weighted by Gasteiger charge is 2.30. The second-order valence-electron chi connectivity index (χ2n) is 4.76. The summed E-state index contributed by atoms with van der Waals surface area (Å²) < 4.78 is 14.6. The number of rotatable bonds is 4. The molecule has 0 aromatic heterocycles. The van der Waals surface area contributed by atoms with Crippen molar-refractivity contribution >= 4 is 39.5 Å². The third-order valence-electron chi connectivity index (χ3n) is 3.39. The molecule has 0 aliphatic carbocycles. The van der Waals surface area contributed by atoms with Gasteiger partial charge in [0.05, 0.1) is 0 Å². The van der Waals surface area contributed by atoms with Crippen LogP contribution >= 0.6 is 39.5 Å². The van der Waals surface area contributed by atoms with Gasteiger partial charge in [-0.3, -0.25) is 0 Å². The molecule has 1 heterocycles. The Balaban J connectivity index is 2.04. The van der Waals surface area contributed by atoms with Gasteiger partial charge >= 0.3 is 0 Å². The molecule has 0 saturated carbocycles. The van der Waals surface area contributed by atoms with Crippen LogP contribution in [0.2, 0.25) is 0 Å². The lowest BCUT2D eigenvalue weighted by Crippen LogP contribution is -2.43. The predicted molar refractivity (Wildman–Crippen MR) is 88.6 cm³/mol. The summed E-state index contributed by atoms with van der Waals surface area (Å²) in [7, 11) is 0. The first-order chi connectivity index (χ1) is 9.11. The SMILES string of the molecule is CCC1SCCSC1C(N)Cc1ccc(Br)cc1F. The summed E-state index contributed by atoms with van der Waals surface area (Å²) in [5.41, 5.74) is 7.06. The first kappa shape index (κ1) is 15.7. The number of hydrogen-bond acceptors (Lipinski definition) is 3. The average molecular weight is 364 g/mol. The fourth-order valence-corrected chi connectivity index (χ4v) is 5.92. The molecule has 1 aromatic rings. The van der Waals surface area contributed by atoms with Crippen LogP contribution in [0.5, 0.6) is 0 Å². The summed E-state index contributed by atoms with van der Waals surface area (Å²) in [6.45, 7) is 2.21. The second-order valence-corrected chi connectivity index (χ2v) is 8.31. The maximum atomic E-state index is 13.9. The van der Waals surface area contributed by atoms with E-state index in [-0.39, 0.29) is 11.9 Å². The van der Waals surface area contributed by atoms with Gasteiger partial charge in [-0.25, -0.2) is 4.39 Å². The summed E-state index contributed by atoms with van der Waals surface area (Å²) in [4.78, 5) is 0. The van der Waals surface area contributed by atoms with Crippen LogP contribution < -0.4 is 5.73 Å². The van der Waals surface area contributed by atoms with Gasteiger partial charge < -0.3 is 5.73 Å². The van der Waals surface area contributed by atoms with E-state index in [0.717, 1.165) is 22.2 Å². The normalized spacial score (nSPS) is 25.3. The van der Waals surface area contributed by atoms with Crippen LogP contribution in [0.3, 0.4) is 0 Å². The van der Waals surface area contributed by atoms with Crippen molar-refractivity contribution in [1.82, 2.24) is 0 Å². The Hall–Kier alpha value is 0.290.